The minimum atomic E-state index is 0.677. The topological polar surface area (TPSA) is 34.0 Å². The number of rotatable bonds is 3. The second kappa shape index (κ2) is 4.09. The number of aromatic nitrogens is 3. The molecule has 1 aliphatic heterocycles. The Morgan fingerprint density at radius 3 is 2.93 bits per heavy atom. The number of hydrogen-bond acceptors (Lipinski definition) is 3. The van der Waals surface area contributed by atoms with E-state index in [4.69, 9.17) is 0 Å². The van der Waals surface area contributed by atoms with E-state index in [0.29, 0.717) is 6.04 Å². The van der Waals surface area contributed by atoms with Crippen LogP contribution in [0.2, 0.25) is 0 Å². The van der Waals surface area contributed by atoms with Gasteiger partial charge in [-0.2, -0.15) is 0 Å². The van der Waals surface area contributed by atoms with Gasteiger partial charge in [0.15, 0.2) is 0 Å². The summed E-state index contributed by atoms with van der Waals surface area (Å²) in [6.45, 7) is 7.98. The first kappa shape index (κ1) is 9.65. The average Bonchev–Trinajstić information content (AvgIpc) is 2.75. The molecule has 4 heteroatoms. The summed E-state index contributed by atoms with van der Waals surface area (Å²) >= 11 is 0. The van der Waals surface area contributed by atoms with Gasteiger partial charge < -0.3 is 4.90 Å². The SMILES string of the molecule is CC(C)N1CCC(Cn2ccnn2)C1. The van der Waals surface area contributed by atoms with Crippen molar-refractivity contribution in [3.8, 4) is 0 Å². The van der Waals surface area contributed by atoms with Crippen LogP contribution in [-0.2, 0) is 6.54 Å². The predicted molar refractivity (Wildman–Crippen MR) is 54.8 cm³/mol. The first-order chi connectivity index (χ1) is 6.75. The molecule has 2 heterocycles. The van der Waals surface area contributed by atoms with E-state index in [1.807, 2.05) is 10.9 Å². The average molecular weight is 194 g/mol. The Morgan fingerprint density at radius 1 is 1.50 bits per heavy atom. The third kappa shape index (κ3) is 2.12. The Morgan fingerprint density at radius 2 is 2.36 bits per heavy atom. The summed E-state index contributed by atoms with van der Waals surface area (Å²) in [6.07, 6.45) is 4.98. The Balaban J connectivity index is 1.84. The summed E-state index contributed by atoms with van der Waals surface area (Å²) in [7, 11) is 0. The van der Waals surface area contributed by atoms with Crippen LogP contribution in [0.4, 0.5) is 0 Å². The molecule has 0 aliphatic carbocycles. The van der Waals surface area contributed by atoms with Crippen molar-refractivity contribution in [1.29, 1.82) is 0 Å². The van der Waals surface area contributed by atoms with Crippen molar-refractivity contribution in [3.05, 3.63) is 12.4 Å². The Bertz CT molecular complexity index is 268. The van der Waals surface area contributed by atoms with Crippen molar-refractivity contribution in [2.75, 3.05) is 13.1 Å². The van der Waals surface area contributed by atoms with Gasteiger partial charge in [0.2, 0.25) is 0 Å². The van der Waals surface area contributed by atoms with E-state index in [1.54, 1.807) is 6.20 Å². The Hall–Kier alpha value is -0.900. The van der Waals surface area contributed by atoms with Gasteiger partial charge >= 0.3 is 0 Å². The molecule has 0 amide bonds. The van der Waals surface area contributed by atoms with Gasteiger partial charge in [-0.25, -0.2) is 0 Å². The lowest BCUT2D eigenvalue weighted by Gasteiger charge is -2.20. The molecule has 1 unspecified atom stereocenters. The van der Waals surface area contributed by atoms with Crippen molar-refractivity contribution in [2.45, 2.75) is 32.9 Å². The molecule has 0 spiro atoms. The van der Waals surface area contributed by atoms with Gasteiger partial charge in [0.1, 0.15) is 0 Å². The summed E-state index contributed by atoms with van der Waals surface area (Å²) in [5.41, 5.74) is 0. The van der Waals surface area contributed by atoms with Gasteiger partial charge in [-0.3, -0.25) is 4.68 Å². The van der Waals surface area contributed by atoms with E-state index in [-0.39, 0.29) is 0 Å². The van der Waals surface area contributed by atoms with E-state index < -0.39 is 0 Å². The van der Waals surface area contributed by atoms with Gasteiger partial charge in [0.05, 0.1) is 6.20 Å². The number of hydrogen-bond donors (Lipinski definition) is 0. The van der Waals surface area contributed by atoms with Crippen LogP contribution in [0, 0.1) is 5.92 Å². The van der Waals surface area contributed by atoms with E-state index in [0.717, 1.165) is 12.5 Å². The molecule has 1 aromatic heterocycles. The molecule has 1 saturated heterocycles. The highest BCUT2D eigenvalue weighted by molar-refractivity contribution is 4.78. The monoisotopic (exact) mass is 194 g/mol. The zero-order valence-corrected chi connectivity index (χ0v) is 8.93. The maximum atomic E-state index is 4.00. The van der Waals surface area contributed by atoms with E-state index in [1.165, 1.54) is 19.5 Å². The van der Waals surface area contributed by atoms with E-state index in [2.05, 4.69) is 29.1 Å². The zero-order valence-electron chi connectivity index (χ0n) is 8.93. The van der Waals surface area contributed by atoms with Crippen LogP contribution in [0.25, 0.3) is 0 Å². The fourth-order valence-electron chi connectivity index (χ4n) is 2.08. The molecule has 4 nitrogen and oxygen atoms in total. The highest BCUT2D eigenvalue weighted by atomic mass is 15.4. The first-order valence-corrected chi connectivity index (χ1v) is 5.34. The molecule has 14 heavy (non-hydrogen) atoms. The van der Waals surface area contributed by atoms with Gasteiger partial charge in [-0.15, -0.1) is 5.10 Å². The molecule has 1 atom stereocenters. The minimum Gasteiger partial charge on any atom is -0.301 e. The maximum absolute atomic E-state index is 4.00. The van der Waals surface area contributed by atoms with E-state index >= 15 is 0 Å². The van der Waals surface area contributed by atoms with Gasteiger partial charge in [-0.05, 0) is 32.7 Å². The summed E-state index contributed by atoms with van der Waals surface area (Å²) in [5.74, 6) is 0.749. The van der Waals surface area contributed by atoms with Crippen LogP contribution in [-0.4, -0.2) is 39.0 Å². The minimum absolute atomic E-state index is 0.677. The molecule has 2 rings (SSSR count). The zero-order chi connectivity index (χ0) is 9.97. The quantitative estimate of drug-likeness (QED) is 0.720. The molecule has 78 valence electrons. The van der Waals surface area contributed by atoms with Gasteiger partial charge in [0.25, 0.3) is 0 Å². The molecule has 0 aromatic carbocycles. The van der Waals surface area contributed by atoms with Crippen molar-refractivity contribution in [3.63, 3.8) is 0 Å². The molecule has 0 N–H and O–H groups in total. The van der Waals surface area contributed by atoms with Gasteiger partial charge in [-0.1, -0.05) is 5.21 Å². The summed E-state index contributed by atoms with van der Waals surface area (Å²) < 4.78 is 1.94. The molecular weight excluding hydrogens is 176 g/mol. The van der Waals surface area contributed by atoms with E-state index in [9.17, 15) is 0 Å². The lowest BCUT2D eigenvalue weighted by atomic mass is 10.1. The smallest absolute Gasteiger partial charge is 0.0692 e. The van der Waals surface area contributed by atoms with Crippen LogP contribution >= 0.6 is 0 Å². The molecular formula is C10H18N4. The third-order valence-corrected chi connectivity index (χ3v) is 2.96. The lowest BCUT2D eigenvalue weighted by Crippen LogP contribution is -2.28. The molecule has 0 saturated carbocycles. The van der Waals surface area contributed by atoms with Crippen LogP contribution in [0.5, 0.6) is 0 Å². The largest absolute Gasteiger partial charge is 0.301 e. The molecule has 0 radical (unpaired) electrons. The number of nitrogens with zero attached hydrogens (tertiary/aromatic N) is 4. The van der Waals surface area contributed by atoms with Crippen molar-refractivity contribution < 1.29 is 0 Å². The standard InChI is InChI=1S/C10H18N4/c1-9(2)13-5-3-10(7-13)8-14-6-4-11-12-14/h4,6,9-10H,3,5,7-8H2,1-2H3. The summed E-state index contributed by atoms with van der Waals surface area (Å²) in [6, 6.07) is 0.677. The molecule has 1 aromatic rings. The highest BCUT2D eigenvalue weighted by Gasteiger charge is 2.24. The van der Waals surface area contributed by atoms with Crippen LogP contribution in [0.15, 0.2) is 12.4 Å². The van der Waals surface area contributed by atoms with Crippen LogP contribution in [0.1, 0.15) is 20.3 Å². The summed E-state index contributed by atoms with van der Waals surface area (Å²) in [4.78, 5) is 2.53. The summed E-state index contributed by atoms with van der Waals surface area (Å²) in [5, 5.41) is 7.82. The molecule has 0 bridgehead atoms. The highest BCUT2D eigenvalue weighted by Crippen LogP contribution is 2.19. The molecule has 1 aliphatic rings. The van der Waals surface area contributed by atoms with Crippen LogP contribution in [0.3, 0.4) is 0 Å². The fraction of sp³-hybridized carbons (Fsp3) is 0.800. The predicted octanol–water partition coefficient (Wildman–Crippen LogP) is 1.01. The number of likely N-dealkylation sites (tertiary alicyclic amines) is 1. The normalized spacial score (nSPS) is 23.5. The molecule has 1 fully saturated rings. The first-order valence-electron chi connectivity index (χ1n) is 5.34. The lowest BCUT2D eigenvalue weighted by molar-refractivity contribution is 0.259. The maximum Gasteiger partial charge on any atom is 0.0692 e. The third-order valence-electron chi connectivity index (χ3n) is 2.96. The fourth-order valence-corrected chi connectivity index (χ4v) is 2.08. The Labute approximate surface area is 84.9 Å². The van der Waals surface area contributed by atoms with Crippen molar-refractivity contribution in [1.82, 2.24) is 19.9 Å². The van der Waals surface area contributed by atoms with Crippen molar-refractivity contribution >= 4 is 0 Å². The van der Waals surface area contributed by atoms with Gasteiger partial charge in [0, 0.05) is 25.3 Å². The van der Waals surface area contributed by atoms with Crippen molar-refractivity contribution in [2.24, 2.45) is 5.92 Å². The second-order valence-corrected chi connectivity index (χ2v) is 4.37. The Kier molecular flexibility index (Phi) is 2.82. The second-order valence-electron chi connectivity index (χ2n) is 4.37. The van der Waals surface area contributed by atoms with Crippen LogP contribution < -0.4 is 0 Å².